The number of carbonyl (C=O) groups is 1. The van der Waals surface area contributed by atoms with Gasteiger partial charge in [-0.15, -0.1) is 10.2 Å². The van der Waals surface area contributed by atoms with Crippen molar-refractivity contribution in [2.24, 2.45) is 11.8 Å². The number of aromatic nitrogens is 3. The number of urea groups is 1. The summed E-state index contributed by atoms with van der Waals surface area (Å²) in [5, 5.41) is 12.4. The molecule has 0 radical (unpaired) electrons. The van der Waals surface area contributed by atoms with Crippen LogP contribution in [0.2, 0.25) is 10.0 Å². The van der Waals surface area contributed by atoms with Gasteiger partial charge in [-0.3, -0.25) is 0 Å². The lowest BCUT2D eigenvalue weighted by molar-refractivity contribution is 0.192. The van der Waals surface area contributed by atoms with Crippen molar-refractivity contribution in [2.45, 2.75) is 25.9 Å². The van der Waals surface area contributed by atoms with Gasteiger partial charge in [-0.25, -0.2) is 9.18 Å². The number of amides is 2. The highest BCUT2D eigenvalue weighted by Crippen LogP contribution is 2.56. The zero-order valence-electron chi connectivity index (χ0n) is 16.7. The van der Waals surface area contributed by atoms with E-state index < -0.39 is 5.82 Å². The van der Waals surface area contributed by atoms with Gasteiger partial charge < -0.3 is 14.8 Å². The summed E-state index contributed by atoms with van der Waals surface area (Å²) in [5.74, 6) is 1.74. The van der Waals surface area contributed by atoms with Crippen molar-refractivity contribution in [1.82, 2.24) is 19.7 Å². The maximum atomic E-state index is 14.2. The molecule has 1 aliphatic heterocycles. The molecule has 3 aromatic rings. The Labute approximate surface area is 189 Å². The molecule has 1 saturated heterocycles. The number of fused-ring (bicyclic) bond motifs is 1. The normalized spacial score (nSPS) is 21.8. The minimum absolute atomic E-state index is 0.104. The van der Waals surface area contributed by atoms with Crippen molar-refractivity contribution >= 4 is 34.9 Å². The molecule has 2 amide bonds. The molecule has 31 heavy (non-hydrogen) atoms. The molecule has 1 N–H and O–H groups in total. The lowest BCUT2D eigenvalue weighted by Crippen LogP contribution is -2.38. The van der Waals surface area contributed by atoms with E-state index in [0.29, 0.717) is 29.9 Å². The number of likely N-dealkylation sites (tertiary alicyclic amines) is 1. The molecule has 2 aromatic carbocycles. The number of benzene rings is 2. The van der Waals surface area contributed by atoms with Crippen LogP contribution in [0.5, 0.6) is 0 Å². The molecule has 160 valence electrons. The van der Waals surface area contributed by atoms with E-state index in [-0.39, 0.29) is 22.8 Å². The number of piperidine rings is 1. The number of aryl methyl sites for hydroxylation is 1. The van der Waals surface area contributed by atoms with Crippen LogP contribution in [0, 0.1) is 24.6 Å². The highest BCUT2D eigenvalue weighted by atomic mass is 35.5. The van der Waals surface area contributed by atoms with Crippen LogP contribution in [0.4, 0.5) is 14.9 Å². The predicted molar refractivity (Wildman–Crippen MR) is 117 cm³/mol. The van der Waals surface area contributed by atoms with Crippen LogP contribution in [-0.4, -0.2) is 32.2 Å². The van der Waals surface area contributed by atoms with Gasteiger partial charge in [0.25, 0.3) is 0 Å². The Bertz CT molecular complexity index is 1150. The fourth-order valence-corrected chi connectivity index (χ4v) is 4.65. The molecule has 2 aliphatic rings. The van der Waals surface area contributed by atoms with Crippen LogP contribution in [-0.2, 0) is 6.54 Å². The summed E-state index contributed by atoms with van der Waals surface area (Å²) in [6.45, 7) is 3.10. The van der Waals surface area contributed by atoms with E-state index in [9.17, 15) is 9.18 Å². The van der Waals surface area contributed by atoms with Gasteiger partial charge in [-0.1, -0.05) is 35.3 Å². The van der Waals surface area contributed by atoms with Gasteiger partial charge >= 0.3 is 6.03 Å². The number of halogens is 3. The number of hydrogen-bond acceptors (Lipinski definition) is 3. The van der Waals surface area contributed by atoms with Gasteiger partial charge in [0.05, 0.1) is 18.3 Å². The average molecular weight is 460 g/mol. The van der Waals surface area contributed by atoms with Gasteiger partial charge in [-0.2, -0.15) is 0 Å². The first-order chi connectivity index (χ1) is 14.9. The minimum atomic E-state index is -0.566. The Morgan fingerprint density at radius 2 is 1.90 bits per heavy atom. The molecule has 0 spiro atoms. The first-order valence-electron chi connectivity index (χ1n) is 10.1. The van der Waals surface area contributed by atoms with Gasteiger partial charge in [0, 0.05) is 16.6 Å². The fourth-order valence-electron chi connectivity index (χ4n) is 4.37. The van der Waals surface area contributed by atoms with Crippen molar-refractivity contribution in [3.63, 3.8) is 0 Å². The first kappa shape index (κ1) is 20.3. The van der Waals surface area contributed by atoms with Gasteiger partial charge in [0.15, 0.2) is 5.82 Å². The molecular formula is C22H20Cl2FN5O. The summed E-state index contributed by atoms with van der Waals surface area (Å²) in [7, 11) is 0. The van der Waals surface area contributed by atoms with Crippen molar-refractivity contribution in [3.05, 3.63) is 75.5 Å². The van der Waals surface area contributed by atoms with E-state index in [1.54, 1.807) is 11.0 Å². The molecule has 3 atom stereocenters. The standard InChI is InChI=1S/C22H20Cl2FN5O/c1-12-27-28-21(29(12)10-13-2-4-15(23)5-3-13)20-17-8-14(17)11-30(20)22(31)26-19-7-6-16(24)9-18(19)25/h2-7,9,14,17,20H,8,10-11H2,1H3,(H,26,31). The summed E-state index contributed by atoms with van der Waals surface area (Å²) < 4.78 is 16.2. The number of nitrogens with one attached hydrogen (secondary N) is 1. The third-order valence-electron chi connectivity index (χ3n) is 6.07. The van der Waals surface area contributed by atoms with Crippen LogP contribution in [0.3, 0.4) is 0 Å². The van der Waals surface area contributed by atoms with Gasteiger partial charge in [-0.05, 0) is 61.1 Å². The van der Waals surface area contributed by atoms with Gasteiger partial charge in [0.2, 0.25) is 0 Å². The summed E-state index contributed by atoms with van der Waals surface area (Å²) in [6.07, 6.45) is 1.05. The smallest absolute Gasteiger partial charge is 0.314 e. The zero-order valence-corrected chi connectivity index (χ0v) is 18.2. The highest BCUT2D eigenvalue weighted by molar-refractivity contribution is 6.30. The Morgan fingerprint density at radius 3 is 2.65 bits per heavy atom. The maximum Gasteiger partial charge on any atom is 0.322 e. The molecule has 1 aromatic heterocycles. The largest absolute Gasteiger partial charge is 0.322 e. The van der Waals surface area contributed by atoms with Crippen molar-refractivity contribution in [3.8, 4) is 0 Å². The monoisotopic (exact) mass is 459 g/mol. The number of carbonyl (C=O) groups excluding carboxylic acids is 1. The van der Waals surface area contributed by atoms with Crippen LogP contribution < -0.4 is 5.32 Å². The summed E-state index contributed by atoms with van der Waals surface area (Å²) >= 11 is 11.8. The van der Waals surface area contributed by atoms with E-state index in [1.807, 2.05) is 35.8 Å². The SMILES string of the molecule is Cc1nnc(C2C3CC3CN2C(=O)Nc2ccc(Cl)cc2F)n1Cc1ccc(Cl)cc1. The highest BCUT2D eigenvalue weighted by Gasteiger charge is 2.56. The summed E-state index contributed by atoms with van der Waals surface area (Å²) in [6, 6.07) is 11.3. The number of nitrogens with zero attached hydrogens (tertiary/aromatic N) is 4. The van der Waals surface area contributed by atoms with E-state index in [2.05, 4.69) is 15.5 Å². The van der Waals surface area contributed by atoms with Crippen molar-refractivity contribution < 1.29 is 9.18 Å². The maximum absolute atomic E-state index is 14.2. The molecule has 9 heteroatoms. The molecule has 1 saturated carbocycles. The van der Waals surface area contributed by atoms with E-state index >= 15 is 0 Å². The molecule has 1 aliphatic carbocycles. The second-order valence-corrected chi connectivity index (χ2v) is 9.00. The summed E-state index contributed by atoms with van der Waals surface area (Å²) in [5.41, 5.74) is 1.17. The van der Waals surface area contributed by atoms with Crippen LogP contribution >= 0.6 is 23.2 Å². The Balaban J connectivity index is 1.41. The average Bonchev–Trinajstić information content (AvgIpc) is 3.27. The van der Waals surface area contributed by atoms with E-state index in [1.165, 1.54) is 12.1 Å². The van der Waals surface area contributed by atoms with Crippen LogP contribution in [0.15, 0.2) is 42.5 Å². The van der Waals surface area contributed by atoms with Crippen molar-refractivity contribution in [2.75, 3.05) is 11.9 Å². The first-order valence-corrected chi connectivity index (χ1v) is 10.8. The molecule has 2 fully saturated rings. The Morgan fingerprint density at radius 1 is 1.16 bits per heavy atom. The lowest BCUT2D eigenvalue weighted by Gasteiger charge is -2.27. The van der Waals surface area contributed by atoms with E-state index in [0.717, 1.165) is 23.6 Å². The Kier molecular flexibility index (Phi) is 5.10. The van der Waals surface area contributed by atoms with Crippen LogP contribution in [0.25, 0.3) is 0 Å². The minimum Gasteiger partial charge on any atom is -0.314 e. The second-order valence-electron chi connectivity index (χ2n) is 8.13. The third-order valence-corrected chi connectivity index (χ3v) is 6.55. The summed E-state index contributed by atoms with van der Waals surface area (Å²) in [4.78, 5) is 14.8. The zero-order chi connectivity index (χ0) is 21.7. The van der Waals surface area contributed by atoms with Gasteiger partial charge in [0.1, 0.15) is 11.6 Å². The molecular weight excluding hydrogens is 440 g/mol. The topological polar surface area (TPSA) is 63.1 Å². The number of rotatable bonds is 4. The fraction of sp³-hybridized carbons (Fsp3) is 0.318. The third kappa shape index (κ3) is 3.88. The molecule has 6 nitrogen and oxygen atoms in total. The number of hydrogen-bond donors (Lipinski definition) is 1. The Hall–Kier alpha value is -2.64. The molecule has 5 rings (SSSR count). The van der Waals surface area contributed by atoms with Crippen LogP contribution in [0.1, 0.15) is 29.7 Å². The second kappa shape index (κ2) is 7.80. The quantitative estimate of drug-likeness (QED) is 0.575. The number of anilines is 1. The van der Waals surface area contributed by atoms with E-state index in [4.69, 9.17) is 23.2 Å². The molecule has 2 heterocycles. The molecule has 0 bridgehead atoms. The lowest BCUT2D eigenvalue weighted by atomic mass is 10.1. The van der Waals surface area contributed by atoms with Crippen molar-refractivity contribution in [1.29, 1.82) is 0 Å². The predicted octanol–water partition coefficient (Wildman–Crippen LogP) is 5.31. The molecule has 3 unspecified atom stereocenters.